The van der Waals surface area contributed by atoms with Gasteiger partial charge in [-0.25, -0.2) is 0 Å². The number of hydrogen-bond acceptors (Lipinski definition) is 3. The Balaban J connectivity index is 1.27. The zero-order valence-corrected chi connectivity index (χ0v) is 18.5. The van der Waals surface area contributed by atoms with Crippen molar-refractivity contribution >= 4 is 0 Å². The van der Waals surface area contributed by atoms with Crippen molar-refractivity contribution in [3.05, 3.63) is 65.7 Å². The van der Waals surface area contributed by atoms with E-state index in [4.69, 9.17) is 9.47 Å². The molecular weight excluding hydrogens is 376 g/mol. The van der Waals surface area contributed by atoms with Crippen LogP contribution < -0.4 is 14.5 Å². The number of quaternary nitrogens is 2. The number of piperazine rings is 1. The van der Waals surface area contributed by atoms with Crippen molar-refractivity contribution < 1.29 is 24.4 Å². The van der Waals surface area contributed by atoms with Crippen LogP contribution in [-0.2, 0) is 11.3 Å². The normalized spacial score (nSPS) is 20.3. The van der Waals surface area contributed by atoms with Gasteiger partial charge < -0.3 is 24.4 Å². The summed E-state index contributed by atoms with van der Waals surface area (Å²) in [4.78, 5) is 3.11. The third-order valence-electron chi connectivity index (χ3n) is 5.82. The molecule has 5 nitrogen and oxygen atoms in total. The maximum Gasteiger partial charge on any atom is 0.127 e. The summed E-state index contributed by atoms with van der Waals surface area (Å²) in [6, 6.07) is 18.9. The summed E-state index contributed by atoms with van der Waals surface area (Å²) in [7, 11) is 0. The zero-order chi connectivity index (χ0) is 21.2. The van der Waals surface area contributed by atoms with E-state index in [0.717, 1.165) is 45.0 Å². The van der Waals surface area contributed by atoms with E-state index in [2.05, 4.69) is 50.2 Å². The van der Waals surface area contributed by atoms with Crippen LogP contribution in [0.2, 0.25) is 0 Å². The number of benzene rings is 2. The van der Waals surface area contributed by atoms with Crippen LogP contribution in [0.25, 0.3) is 0 Å². The molecule has 0 bridgehead atoms. The fourth-order valence-electron chi connectivity index (χ4n) is 4.13. The molecule has 164 valence electrons. The lowest BCUT2D eigenvalue weighted by Crippen LogP contribution is -3.28. The summed E-state index contributed by atoms with van der Waals surface area (Å²) in [5.41, 5.74) is 2.62. The second-order valence-corrected chi connectivity index (χ2v) is 8.64. The van der Waals surface area contributed by atoms with Gasteiger partial charge in [0.15, 0.2) is 0 Å². The van der Waals surface area contributed by atoms with Gasteiger partial charge in [-0.15, -0.1) is 0 Å². The average Bonchev–Trinajstić information content (AvgIpc) is 2.76. The lowest BCUT2D eigenvalue weighted by molar-refractivity contribution is -1.02. The van der Waals surface area contributed by atoms with Gasteiger partial charge in [0.25, 0.3) is 0 Å². The summed E-state index contributed by atoms with van der Waals surface area (Å²) in [5, 5.41) is 10.3. The second kappa shape index (κ2) is 12.1. The molecule has 2 aromatic carbocycles. The van der Waals surface area contributed by atoms with E-state index in [9.17, 15) is 5.11 Å². The highest BCUT2D eigenvalue weighted by Gasteiger charge is 2.25. The van der Waals surface area contributed by atoms with Gasteiger partial charge in [0, 0.05) is 5.56 Å². The predicted octanol–water partition coefficient (Wildman–Crippen LogP) is 0.550. The van der Waals surface area contributed by atoms with Crippen molar-refractivity contribution in [1.82, 2.24) is 0 Å². The Morgan fingerprint density at radius 1 is 0.867 bits per heavy atom. The van der Waals surface area contributed by atoms with Crippen molar-refractivity contribution in [2.45, 2.75) is 32.4 Å². The van der Waals surface area contributed by atoms with E-state index in [0.29, 0.717) is 25.7 Å². The van der Waals surface area contributed by atoms with Crippen LogP contribution in [0.5, 0.6) is 5.75 Å². The average molecular weight is 415 g/mol. The maximum absolute atomic E-state index is 10.3. The summed E-state index contributed by atoms with van der Waals surface area (Å²) in [5.74, 6) is 1.36. The molecule has 2 aromatic rings. The first-order valence-electron chi connectivity index (χ1n) is 11.3. The number of aliphatic hydroxyl groups excluding tert-OH is 1. The molecule has 0 saturated carbocycles. The van der Waals surface area contributed by atoms with Gasteiger partial charge in [0.05, 0.1) is 13.2 Å². The molecule has 1 aliphatic rings. The molecule has 3 rings (SSSR count). The van der Waals surface area contributed by atoms with Gasteiger partial charge in [-0.1, -0.05) is 62.4 Å². The van der Waals surface area contributed by atoms with Crippen molar-refractivity contribution in [3.8, 4) is 5.75 Å². The van der Waals surface area contributed by atoms with E-state index in [1.165, 1.54) is 16.0 Å². The van der Waals surface area contributed by atoms with Gasteiger partial charge in [-0.2, -0.15) is 0 Å². The first-order chi connectivity index (χ1) is 14.6. The van der Waals surface area contributed by atoms with Crippen LogP contribution in [0.1, 0.15) is 30.9 Å². The Kier molecular flexibility index (Phi) is 9.15. The van der Waals surface area contributed by atoms with E-state index in [1.807, 2.05) is 18.2 Å². The number of ether oxygens (including phenoxy) is 2. The smallest absolute Gasteiger partial charge is 0.127 e. The van der Waals surface area contributed by atoms with Gasteiger partial charge in [-0.3, -0.25) is 0 Å². The molecule has 0 amide bonds. The van der Waals surface area contributed by atoms with Gasteiger partial charge in [-0.05, 0) is 17.5 Å². The molecule has 1 saturated heterocycles. The summed E-state index contributed by atoms with van der Waals surface area (Å²) in [6.45, 7) is 12.1. The quantitative estimate of drug-likeness (QED) is 0.471. The summed E-state index contributed by atoms with van der Waals surface area (Å²) < 4.78 is 11.5. The number of hydrogen-bond donors (Lipinski definition) is 3. The lowest BCUT2D eigenvalue weighted by atomic mass is 10.0. The van der Waals surface area contributed by atoms with E-state index >= 15 is 0 Å². The molecule has 0 aromatic heterocycles. The van der Waals surface area contributed by atoms with Crippen LogP contribution in [0.15, 0.2) is 54.6 Å². The number of nitrogens with one attached hydrogen (secondary N) is 2. The SMILES string of the molecule is CC(C)c1ccccc1OCCOC[C@H](O)C[NH+]1CC[NH+](Cc2ccccc2)CC1. The first kappa shape index (κ1) is 22.8. The minimum absolute atomic E-state index is 0.374. The van der Waals surface area contributed by atoms with Crippen LogP contribution >= 0.6 is 0 Å². The molecule has 5 heteroatoms. The van der Waals surface area contributed by atoms with Gasteiger partial charge >= 0.3 is 0 Å². The molecule has 1 fully saturated rings. The standard InChI is InChI=1S/C25H36N2O3/c1-21(2)24-10-6-7-11-25(24)30-17-16-29-20-23(28)19-27-14-12-26(13-15-27)18-22-8-4-3-5-9-22/h3-11,21,23,28H,12-20H2,1-2H3/p+2/t23-/m1/s1. The number of aliphatic hydroxyl groups is 1. The Labute approximate surface area is 181 Å². The summed E-state index contributed by atoms with van der Waals surface area (Å²) >= 11 is 0. The third-order valence-corrected chi connectivity index (χ3v) is 5.82. The monoisotopic (exact) mass is 414 g/mol. The lowest BCUT2D eigenvalue weighted by Gasteiger charge is -2.30. The fraction of sp³-hybridized carbons (Fsp3) is 0.520. The highest BCUT2D eigenvalue weighted by Crippen LogP contribution is 2.25. The molecule has 3 N–H and O–H groups in total. The predicted molar refractivity (Wildman–Crippen MR) is 119 cm³/mol. The van der Waals surface area contributed by atoms with Crippen molar-refractivity contribution in [1.29, 1.82) is 0 Å². The molecule has 0 radical (unpaired) electrons. The molecule has 1 atom stereocenters. The van der Waals surface area contributed by atoms with Gasteiger partial charge in [0.2, 0.25) is 0 Å². The van der Waals surface area contributed by atoms with E-state index in [-0.39, 0.29) is 0 Å². The first-order valence-corrected chi connectivity index (χ1v) is 11.3. The molecule has 0 aliphatic carbocycles. The van der Waals surface area contributed by atoms with Crippen molar-refractivity contribution in [2.75, 3.05) is 52.5 Å². The number of para-hydroxylation sites is 1. The van der Waals surface area contributed by atoms with Crippen LogP contribution in [0, 0.1) is 0 Å². The van der Waals surface area contributed by atoms with Crippen molar-refractivity contribution in [2.24, 2.45) is 0 Å². The van der Waals surface area contributed by atoms with E-state index in [1.54, 1.807) is 4.90 Å². The topological polar surface area (TPSA) is 47.6 Å². The molecule has 0 spiro atoms. The minimum Gasteiger partial charge on any atom is -0.491 e. The Morgan fingerprint density at radius 3 is 2.27 bits per heavy atom. The minimum atomic E-state index is -0.418. The summed E-state index contributed by atoms with van der Waals surface area (Å²) in [6.07, 6.45) is -0.418. The Bertz CT molecular complexity index is 730. The fourth-order valence-corrected chi connectivity index (χ4v) is 4.13. The maximum atomic E-state index is 10.3. The van der Waals surface area contributed by atoms with Crippen LogP contribution in [-0.4, -0.2) is 63.8 Å². The highest BCUT2D eigenvalue weighted by molar-refractivity contribution is 5.35. The van der Waals surface area contributed by atoms with Crippen LogP contribution in [0.4, 0.5) is 0 Å². The Hall–Kier alpha value is -1.92. The van der Waals surface area contributed by atoms with E-state index < -0.39 is 6.10 Å². The molecule has 0 unspecified atom stereocenters. The highest BCUT2D eigenvalue weighted by atomic mass is 16.5. The third kappa shape index (κ3) is 7.40. The second-order valence-electron chi connectivity index (χ2n) is 8.64. The van der Waals surface area contributed by atoms with Gasteiger partial charge in [0.1, 0.15) is 57.7 Å². The largest absolute Gasteiger partial charge is 0.491 e. The molecular formula is C25H38N2O3+2. The van der Waals surface area contributed by atoms with Crippen LogP contribution in [0.3, 0.4) is 0 Å². The number of rotatable bonds is 11. The molecule has 1 heterocycles. The zero-order valence-electron chi connectivity index (χ0n) is 18.5. The molecule has 30 heavy (non-hydrogen) atoms. The molecule has 1 aliphatic heterocycles. The Morgan fingerprint density at radius 2 is 1.53 bits per heavy atom. The van der Waals surface area contributed by atoms with Crippen molar-refractivity contribution in [3.63, 3.8) is 0 Å².